The van der Waals surface area contributed by atoms with Gasteiger partial charge in [-0.2, -0.15) is 5.10 Å². The van der Waals surface area contributed by atoms with E-state index in [-0.39, 0.29) is 25.5 Å². The lowest BCUT2D eigenvalue weighted by Crippen LogP contribution is -2.45. The predicted molar refractivity (Wildman–Crippen MR) is 177 cm³/mol. The Morgan fingerprint density at radius 2 is 1.87 bits per heavy atom. The van der Waals surface area contributed by atoms with Gasteiger partial charge in [-0.05, 0) is 62.0 Å². The van der Waals surface area contributed by atoms with Crippen LogP contribution < -0.4 is 30.3 Å². The van der Waals surface area contributed by atoms with Crippen LogP contribution in [0.4, 0.5) is 5.69 Å². The first-order valence-electron chi connectivity index (χ1n) is 13.8. The average Bonchev–Trinajstić information content (AvgIpc) is 3.03. The van der Waals surface area contributed by atoms with Crippen molar-refractivity contribution in [1.29, 1.82) is 0 Å². The first kappa shape index (κ1) is 33.9. The zero-order chi connectivity index (χ0) is 33.2. The number of esters is 1. The van der Waals surface area contributed by atoms with Crippen LogP contribution in [0.1, 0.15) is 36.6 Å². The molecule has 1 aliphatic heterocycles. The summed E-state index contributed by atoms with van der Waals surface area (Å²) >= 11 is 8.75. The molecule has 1 heterocycles. The van der Waals surface area contributed by atoms with E-state index >= 15 is 0 Å². The highest BCUT2D eigenvalue weighted by molar-refractivity contribution is 9.10. The van der Waals surface area contributed by atoms with Gasteiger partial charge in [-0.25, -0.2) is 10.2 Å². The molecule has 3 aromatic rings. The quantitative estimate of drug-likeness (QED) is 0.0732. The van der Waals surface area contributed by atoms with Gasteiger partial charge in [-0.15, -0.1) is 0 Å². The summed E-state index contributed by atoms with van der Waals surface area (Å²) in [6.45, 7) is 3.37. The number of carbonyl (C=O) groups excluding carboxylic acids is 2. The van der Waals surface area contributed by atoms with E-state index in [1.54, 1.807) is 62.4 Å². The molecule has 13 nitrogen and oxygen atoms in total. The lowest BCUT2D eigenvalue weighted by Gasteiger charge is -2.30. The molecular weight excluding hydrogens is 682 g/mol. The van der Waals surface area contributed by atoms with Gasteiger partial charge in [0.2, 0.25) is 0 Å². The lowest BCUT2D eigenvalue weighted by atomic mass is 9.95. The maximum Gasteiger partial charge on any atom is 0.338 e. The van der Waals surface area contributed by atoms with E-state index in [4.69, 9.17) is 31.2 Å². The molecule has 0 aromatic heterocycles. The fraction of sp³-hybridized carbons (Fsp3) is 0.226. The Labute approximate surface area is 278 Å². The standard InChI is InChI=1S/C31H30BrN5O8S/c1-4-43-30(39)27-18(2)34-31(46)35-28(27)23-7-5-6-8-24(23)44-17-26(38)36-33-15-20-13-21(32)14-25(42-3)29(20)45-16-19-9-11-22(12-10-19)37(40)41/h5-15,28H,4,16-17H2,1-3H3,(H,36,38)(H2,34,35,46)/t28-/m0/s1. The molecule has 0 aliphatic carbocycles. The Morgan fingerprint density at radius 3 is 2.57 bits per heavy atom. The lowest BCUT2D eigenvalue weighted by molar-refractivity contribution is -0.384. The molecule has 4 rings (SSSR count). The number of para-hydroxylation sites is 1. The number of hydrogen-bond donors (Lipinski definition) is 3. The predicted octanol–water partition coefficient (Wildman–Crippen LogP) is 4.83. The monoisotopic (exact) mass is 711 g/mol. The summed E-state index contributed by atoms with van der Waals surface area (Å²) in [6, 6.07) is 15.7. The minimum Gasteiger partial charge on any atom is -0.493 e. The van der Waals surface area contributed by atoms with E-state index in [1.165, 1.54) is 25.5 Å². The van der Waals surface area contributed by atoms with Gasteiger partial charge in [-0.3, -0.25) is 14.9 Å². The number of allylic oxidation sites excluding steroid dienone is 1. The third kappa shape index (κ3) is 8.57. The topological polar surface area (TPSA) is 163 Å². The molecule has 1 atom stereocenters. The number of nitrogens with zero attached hydrogens (tertiary/aromatic N) is 2. The number of non-ortho nitro benzene ring substituents is 1. The second-order valence-electron chi connectivity index (χ2n) is 9.65. The molecule has 0 radical (unpaired) electrons. The Morgan fingerprint density at radius 1 is 1.13 bits per heavy atom. The van der Waals surface area contributed by atoms with Crippen molar-refractivity contribution < 1.29 is 33.5 Å². The molecule has 0 fully saturated rings. The molecule has 240 valence electrons. The number of rotatable bonds is 13. The highest BCUT2D eigenvalue weighted by Crippen LogP contribution is 2.35. The zero-order valence-corrected chi connectivity index (χ0v) is 27.4. The highest BCUT2D eigenvalue weighted by atomic mass is 79.9. The van der Waals surface area contributed by atoms with Crippen LogP contribution >= 0.6 is 28.1 Å². The summed E-state index contributed by atoms with van der Waals surface area (Å²) in [5.74, 6) is 0.0566. The van der Waals surface area contributed by atoms with Crippen LogP contribution in [0.15, 0.2) is 81.5 Å². The number of nitrogens with one attached hydrogen (secondary N) is 3. The van der Waals surface area contributed by atoms with Crippen LogP contribution in [0.5, 0.6) is 17.2 Å². The smallest absolute Gasteiger partial charge is 0.338 e. The van der Waals surface area contributed by atoms with E-state index in [0.29, 0.717) is 54.8 Å². The minimum atomic E-state index is -0.666. The van der Waals surface area contributed by atoms with Gasteiger partial charge in [0.05, 0.1) is 36.5 Å². The van der Waals surface area contributed by atoms with Crippen LogP contribution in [0.3, 0.4) is 0 Å². The molecule has 0 saturated heterocycles. The largest absolute Gasteiger partial charge is 0.493 e. The third-order valence-corrected chi connectivity index (χ3v) is 7.22. The number of ether oxygens (including phenoxy) is 4. The summed E-state index contributed by atoms with van der Waals surface area (Å²) in [5.41, 5.74) is 5.07. The number of hydrazone groups is 1. The second-order valence-corrected chi connectivity index (χ2v) is 11.0. The van der Waals surface area contributed by atoms with E-state index in [0.717, 1.165) is 0 Å². The van der Waals surface area contributed by atoms with Crippen molar-refractivity contribution in [2.75, 3.05) is 20.3 Å². The number of amides is 1. The molecule has 46 heavy (non-hydrogen) atoms. The first-order valence-corrected chi connectivity index (χ1v) is 15.0. The van der Waals surface area contributed by atoms with Crippen LogP contribution in [-0.2, 0) is 20.9 Å². The van der Waals surface area contributed by atoms with E-state index < -0.39 is 22.8 Å². The normalized spacial score (nSPS) is 14.3. The minimum absolute atomic E-state index is 0.0265. The number of carbonyl (C=O) groups is 2. The summed E-state index contributed by atoms with van der Waals surface area (Å²) < 4.78 is 23.2. The number of nitro benzene ring substituents is 1. The molecule has 3 N–H and O–H groups in total. The van der Waals surface area contributed by atoms with Gasteiger partial charge >= 0.3 is 5.97 Å². The SMILES string of the molecule is CCOC(=O)C1=C(C)NC(=S)N[C@H]1c1ccccc1OCC(=O)NN=Cc1cc(Br)cc(OC)c1OCc1ccc([N+](=O)[O-])cc1. The van der Waals surface area contributed by atoms with Crippen molar-refractivity contribution in [2.24, 2.45) is 5.10 Å². The van der Waals surface area contributed by atoms with Gasteiger partial charge in [0, 0.05) is 33.4 Å². The molecule has 0 saturated carbocycles. The zero-order valence-electron chi connectivity index (χ0n) is 25.0. The number of methoxy groups -OCH3 is 1. The number of hydrogen-bond acceptors (Lipinski definition) is 10. The fourth-order valence-corrected chi connectivity index (χ4v) is 5.19. The highest BCUT2D eigenvalue weighted by Gasteiger charge is 2.32. The van der Waals surface area contributed by atoms with Crippen LogP contribution in [0.2, 0.25) is 0 Å². The van der Waals surface area contributed by atoms with Crippen molar-refractivity contribution in [1.82, 2.24) is 16.1 Å². The van der Waals surface area contributed by atoms with Gasteiger partial charge in [0.15, 0.2) is 23.2 Å². The average molecular weight is 713 g/mol. The second kappa shape index (κ2) is 15.8. The van der Waals surface area contributed by atoms with E-state index in [9.17, 15) is 19.7 Å². The molecule has 0 spiro atoms. The molecular formula is C31H30BrN5O8S. The summed E-state index contributed by atoms with van der Waals surface area (Å²) in [7, 11) is 1.48. The van der Waals surface area contributed by atoms with E-state index in [1.807, 2.05) is 0 Å². The van der Waals surface area contributed by atoms with Crippen molar-refractivity contribution in [3.8, 4) is 17.2 Å². The Bertz CT molecular complexity index is 1700. The number of thiocarbonyl (C=S) groups is 1. The Kier molecular flexibility index (Phi) is 11.6. The van der Waals surface area contributed by atoms with Crippen molar-refractivity contribution in [3.63, 3.8) is 0 Å². The number of benzene rings is 3. The molecule has 3 aromatic carbocycles. The maximum atomic E-state index is 12.8. The molecule has 1 aliphatic rings. The summed E-state index contributed by atoms with van der Waals surface area (Å²) in [5, 5.41) is 21.4. The number of halogens is 1. The summed E-state index contributed by atoms with van der Waals surface area (Å²) in [6.07, 6.45) is 1.39. The van der Waals surface area contributed by atoms with Crippen molar-refractivity contribution in [2.45, 2.75) is 26.5 Å². The van der Waals surface area contributed by atoms with Crippen LogP contribution in [-0.4, -0.2) is 48.5 Å². The van der Waals surface area contributed by atoms with Gasteiger partial charge in [-0.1, -0.05) is 34.1 Å². The van der Waals surface area contributed by atoms with Crippen molar-refractivity contribution in [3.05, 3.63) is 103 Å². The van der Waals surface area contributed by atoms with Crippen molar-refractivity contribution >= 4 is 57.0 Å². The Hall–Kier alpha value is -5.02. The summed E-state index contributed by atoms with van der Waals surface area (Å²) in [4.78, 5) is 36.0. The van der Waals surface area contributed by atoms with Crippen LogP contribution in [0.25, 0.3) is 0 Å². The van der Waals surface area contributed by atoms with Gasteiger partial charge in [0.1, 0.15) is 12.4 Å². The number of nitro groups is 1. The fourth-order valence-electron chi connectivity index (χ4n) is 4.47. The molecule has 15 heteroatoms. The van der Waals surface area contributed by atoms with Crippen LogP contribution in [0, 0.1) is 10.1 Å². The maximum absolute atomic E-state index is 12.8. The van der Waals surface area contributed by atoms with Gasteiger partial charge in [0.25, 0.3) is 11.6 Å². The molecule has 0 bridgehead atoms. The Balaban J connectivity index is 1.45. The molecule has 0 unspecified atom stereocenters. The van der Waals surface area contributed by atoms with Gasteiger partial charge < -0.3 is 29.6 Å². The van der Waals surface area contributed by atoms with E-state index in [2.05, 4.69) is 37.1 Å². The first-order chi connectivity index (χ1) is 22.1. The third-order valence-electron chi connectivity index (χ3n) is 6.54. The molecule has 1 amide bonds.